The normalized spacial score (nSPS) is 23.2. The Morgan fingerprint density at radius 1 is 1.24 bits per heavy atom. The number of morpholine rings is 1. The molecule has 0 spiro atoms. The molecule has 1 aliphatic carbocycles. The van der Waals surface area contributed by atoms with Crippen LogP contribution in [0.2, 0.25) is 0 Å². The van der Waals surface area contributed by atoms with Gasteiger partial charge in [0.1, 0.15) is 5.82 Å². The Morgan fingerprint density at radius 3 is 2.76 bits per heavy atom. The molecule has 118 valence electrons. The number of aromatic amines is 1. The number of hydrogen-bond donors (Lipinski definition) is 2. The maximum atomic E-state index is 5.48. The first-order valence-corrected chi connectivity index (χ1v) is 8.35. The molecule has 5 heteroatoms. The first-order chi connectivity index (χ1) is 10.4. The number of H-pyrrole nitrogens is 1. The third-order valence-electron chi connectivity index (χ3n) is 4.92. The summed E-state index contributed by atoms with van der Waals surface area (Å²) in [6.07, 6.45) is 10.6. The van der Waals surface area contributed by atoms with Gasteiger partial charge in [0.2, 0.25) is 0 Å². The van der Waals surface area contributed by atoms with E-state index in [2.05, 4.69) is 20.2 Å². The number of imidazole rings is 1. The number of hydrogen-bond acceptors (Lipinski definition) is 4. The molecule has 0 aromatic carbocycles. The number of rotatable bonds is 6. The van der Waals surface area contributed by atoms with E-state index in [1.165, 1.54) is 38.6 Å². The van der Waals surface area contributed by atoms with Crippen LogP contribution in [0, 0.1) is 5.41 Å². The standard InChI is InChI=1S/C16H28N4O/c1-2-4-16(5-3-1,14-20-8-10-21-11-9-20)13-17-12-15-18-6-7-19-15/h6-7,17H,1-5,8-14H2,(H,18,19). The van der Waals surface area contributed by atoms with Crippen molar-refractivity contribution < 1.29 is 4.74 Å². The highest BCUT2D eigenvalue weighted by atomic mass is 16.5. The molecule has 0 bridgehead atoms. The quantitative estimate of drug-likeness (QED) is 0.839. The van der Waals surface area contributed by atoms with Gasteiger partial charge in [-0.15, -0.1) is 0 Å². The lowest BCUT2D eigenvalue weighted by atomic mass is 9.73. The van der Waals surface area contributed by atoms with Crippen LogP contribution < -0.4 is 5.32 Å². The van der Waals surface area contributed by atoms with Gasteiger partial charge < -0.3 is 15.0 Å². The third-order valence-corrected chi connectivity index (χ3v) is 4.92. The van der Waals surface area contributed by atoms with Crippen LogP contribution in [0.25, 0.3) is 0 Å². The Labute approximate surface area is 127 Å². The largest absolute Gasteiger partial charge is 0.379 e. The molecule has 1 aromatic rings. The zero-order valence-electron chi connectivity index (χ0n) is 12.9. The first kappa shape index (κ1) is 15.0. The fourth-order valence-corrected chi connectivity index (χ4v) is 3.77. The second kappa shape index (κ2) is 7.38. The predicted octanol–water partition coefficient (Wildman–Crippen LogP) is 1.78. The van der Waals surface area contributed by atoms with E-state index < -0.39 is 0 Å². The van der Waals surface area contributed by atoms with Crippen molar-refractivity contribution in [3.05, 3.63) is 18.2 Å². The van der Waals surface area contributed by atoms with Crippen molar-refractivity contribution in [2.75, 3.05) is 39.4 Å². The number of ether oxygens (including phenoxy) is 1. The highest BCUT2D eigenvalue weighted by molar-refractivity contribution is 4.91. The molecule has 2 N–H and O–H groups in total. The highest BCUT2D eigenvalue weighted by Gasteiger charge is 2.34. The topological polar surface area (TPSA) is 53.2 Å². The lowest BCUT2D eigenvalue weighted by Gasteiger charge is -2.42. The summed E-state index contributed by atoms with van der Waals surface area (Å²) in [5.41, 5.74) is 0.447. The van der Waals surface area contributed by atoms with E-state index >= 15 is 0 Å². The molecule has 1 aliphatic heterocycles. The molecule has 0 radical (unpaired) electrons. The smallest absolute Gasteiger partial charge is 0.120 e. The van der Waals surface area contributed by atoms with Crippen molar-refractivity contribution in [3.63, 3.8) is 0 Å². The molecule has 0 amide bonds. The number of nitrogens with one attached hydrogen (secondary N) is 2. The van der Waals surface area contributed by atoms with E-state index in [4.69, 9.17) is 4.74 Å². The van der Waals surface area contributed by atoms with Gasteiger partial charge in [-0.3, -0.25) is 4.90 Å². The average Bonchev–Trinajstić information content (AvgIpc) is 3.02. The minimum atomic E-state index is 0.447. The molecule has 2 aliphatic rings. The molecule has 2 heterocycles. The molecular formula is C16H28N4O. The van der Waals surface area contributed by atoms with Crippen LogP contribution in [0.5, 0.6) is 0 Å². The summed E-state index contributed by atoms with van der Waals surface area (Å²) in [4.78, 5) is 10.1. The van der Waals surface area contributed by atoms with Crippen molar-refractivity contribution in [2.45, 2.75) is 38.6 Å². The molecule has 21 heavy (non-hydrogen) atoms. The van der Waals surface area contributed by atoms with Crippen LogP contribution >= 0.6 is 0 Å². The SMILES string of the molecule is c1c[nH]c(CNCC2(CN3CCOCC3)CCCCC2)n1. The maximum absolute atomic E-state index is 5.48. The first-order valence-electron chi connectivity index (χ1n) is 8.35. The second-order valence-electron chi connectivity index (χ2n) is 6.59. The summed E-state index contributed by atoms with van der Waals surface area (Å²) in [7, 11) is 0. The van der Waals surface area contributed by atoms with Crippen molar-refractivity contribution in [2.24, 2.45) is 5.41 Å². The zero-order chi connectivity index (χ0) is 14.4. The highest BCUT2D eigenvalue weighted by Crippen LogP contribution is 2.36. The summed E-state index contributed by atoms with van der Waals surface area (Å²) in [6, 6.07) is 0. The van der Waals surface area contributed by atoms with Gasteiger partial charge in [-0.1, -0.05) is 19.3 Å². The van der Waals surface area contributed by atoms with Crippen LogP contribution in [-0.2, 0) is 11.3 Å². The summed E-state index contributed by atoms with van der Waals surface area (Å²) in [5, 5.41) is 3.64. The van der Waals surface area contributed by atoms with Gasteiger partial charge >= 0.3 is 0 Å². The van der Waals surface area contributed by atoms with E-state index in [1.807, 2.05) is 12.4 Å². The fraction of sp³-hybridized carbons (Fsp3) is 0.812. The fourth-order valence-electron chi connectivity index (χ4n) is 3.77. The molecule has 3 rings (SSSR count). The van der Waals surface area contributed by atoms with Gasteiger partial charge in [-0.25, -0.2) is 4.98 Å². The van der Waals surface area contributed by atoms with E-state index in [0.717, 1.165) is 45.2 Å². The van der Waals surface area contributed by atoms with Gasteiger partial charge in [0.05, 0.1) is 19.8 Å². The summed E-state index contributed by atoms with van der Waals surface area (Å²) < 4.78 is 5.48. The molecule has 1 saturated carbocycles. The molecule has 1 aromatic heterocycles. The summed E-state index contributed by atoms with van der Waals surface area (Å²) >= 11 is 0. The second-order valence-corrected chi connectivity index (χ2v) is 6.59. The van der Waals surface area contributed by atoms with Gasteiger partial charge in [0, 0.05) is 38.6 Å². The van der Waals surface area contributed by atoms with Crippen molar-refractivity contribution >= 4 is 0 Å². The minimum absolute atomic E-state index is 0.447. The van der Waals surface area contributed by atoms with Gasteiger partial charge in [-0.2, -0.15) is 0 Å². The maximum Gasteiger partial charge on any atom is 0.120 e. The average molecular weight is 292 g/mol. The summed E-state index contributed by atoms with van der Waals surface area (Å²) in [6.45, 7) is 7.16. The Hall–Kier alpha value is -0.910. The van der Waals surface area contributed by atoms with E-state index in [1.54, 1.807) is 0 Å². The van der Waals surface area contributed by atoms with Crippen LogP contribution in [0.1, 0.15) is 37.9 Å². The number of nitrogens with zero attached hydrogens (tertiary/aromatic N) is 2. The van der Waals surface area contributed by atoms with Crippen molar-refractivity contribution in [1.29, 1.82) is 0 Å². The molecular weight excluding hydrogens is 264 g/mol. The Morgan fingerprint density at radius 2 is 2.05 bits per heavy atom. The third kappa shape index (κ3) is 4.28. The molecule has 1 saturated heterocycles. The Bertz CT molecular complexity index is 394. The lowest BCUT2D eigenvalue weighted by molar-refractivity contribution is 0.00710. The van der Waals surface area contributed by atoms with Crippen molar-refractivity contribution in [1.82, 2.24) is 20.2 Å². The Kier molecular flexibility index (Phi) is 5.27. The predicted molar refractivity (Wildman–Crippen MR) is 83.1 cm³/mol. The van der Waals surface area contributed by atoms with Crippen LogP contribution in [0.4, 0.5) is 0 Å². The monoisotopic (exact) mass is 292 g/mol. The Balaban J connectivity index is 1.53. The molecule has 2 fully saturated rings. The van der Waals surface area contributed by atoms with E-state index in [-0.39, 0.29) is 0 Å². The minimum Gasteiger partial charge on any atom is -0.379 e. The van der Waals surface area contributed by atoms with Gasteiger partial charge in [0.25, 0.3) is 0 Å². The lowest BCUT2D eigenvalue weighted by Crippen LogP contribution is -2.48. The van der Waals surface area contributed by atoms with Gasteiger partial charge in [0.15, 0.2) is 0 Å². The van der Waals surface area contributed by atoms with E-state index in [9.17, 15) is 0 Å². The van der Waals surface area contributed by atoms with Crippen LogP contribution in [0.15, 0.2) is 12.4 Å². The van der Waals surface area contributed by atoms with E-state index in [0.29, 0.717) is 5.41 Å². The van der Waals surface area contributed by atoms with Crippen molar-refractivity contribution in [3.8, 4) is 0 Å². The summed E-state index contributed by atoms with van der Waals surface area (Å²) in [5.74, 6) is 1.03. The van der Waals surface area contributed by atoms with Crippen LogP contribution in [-0.4, -0.2) is 54.3 Å². The molecule has 0 unspecified atom stereocenters. The van der Waals surface area contributed by atoms with Crippen LogP contribution in [0.3, 0.4) is 0 Å². The van der Waals surface area contributed by atoms with Gasteiger partial charge in [-0.05, 0) is 18.3 Å². The molecule has 0 atom stereocenters. The molecule has 5 nitrogen and oxygen atoms in total. The number of aromatic nitrogens is 2. The zero-order valence-corrected chi connectivity index (χ0v) is 12.9.